The maximum absolute atomic E-state index is 12.4. The molecule has 1 saturated heterocycles. The van der Waals surface area contributed by atoms with Crippen molar-refractivity contribution in [3.63, 3.8) is 0 Å². The van der Waals surface area contributed by atoms with Crippen molar-refractivity contribution >= 4 is 46.7 Å². The van der Waals surface area contributed by atoms with Crippen LogP contribution in [-0.4, -0.2) is 23.2 Å². The Morgan fingerprint density at radius 1 is 1.33 bits per heavy atom. The van der Waals surface area contributed by atoms with Crippen molar-refractivity contribution in [2.24, 2.45) is 0 Å². The fraction of sp³-hybridized carbons (Fsp3) is 0.214. The van der Waals surface area contributed by atoms with Gasteiger partial charge in [-0.2, -0.15) is 0 Å². The van der Waals surface area contributed by atoms with Gasteiger partial charge in [-0.05, 0) is 24.3 Å². The smallest absolute Gasteiger partial charge is 0.323 e. The van der Waals surface area contributed by atoms with Crippen LogP contribution < -0.4 is 5.32 Å². The molecule has 2 heterocycles. The maximum atomic E-state index is 12.4. The van der Waals surface area contributed by atoms with E-state index in [1.165, 1.54) is 0 Å². The Balaban J connectivity index is 1.77. The molecule has 1 aliphatic heterocycles. The van der Waals surface area contributed by atoms with Crippen LogP contribution in [-0.2, 0) is 0 Å². The summed E-state index contributed by atoms with van der Waals surface area (Å²) in [5, 5.41) is 3.44. The number of carbonyl (C=O) groups excluding carboxylic acids is 1. The Morgan fingerprint density at radius 3 is 2.95 bits per heavy atom. The molecule has 1 aromatic heterocycles. The highest BCUT2D eigenvalue weighted by molar-refractivity contribution is 7.99. The number of benzene rings is 1. The lowest BCUT2D eigenvalue weighted by Gasteiger charge is -2.22. The van der Waals surface area contributed by atoms with Gasteiger partial charge in [-0.15, -0.1) is 11.8 Å². The number of amides is 2. The number of rotatable bonds is 2. The zero-order valence-electron chi connectivity index (χ0n) is 10.9. The minimum atomic E-state index is -0.217. The van der Waals surface area contributed by atoms with Crippen molar-refractivity contribution in [2.75, 3.05) is 17.6 Å². The maximum Gasteiger partial charge on any atom is 0.323 e. The molecule has 0 aliphatic carbocycles. The molecule has 0 spiro atoms. The van der Waals surface area contributed by atoms with Gasteiger partial charge < -0.3 is 14.6 Å². The van der Waals surface area contributed by atoms with Crippen LogP contribution in [0.4, 0.5) is 10.5 Å². The summed E-state index contributed by atoms with van der Waals surface area (Å²) in [5.41, 5.74) is 0.504. The van der Waals surface area contributed by atoms with Crippen LogP contribution in [0, 0.1) is 0 Å². The number of anilines is 1. The number of halogens is 2. The molecule has 1 N–H and O–H groups in total. The molecule has 1 atom stereocenters. The molecular weight excluding hydrogens is 331 g/mol. The zero-order chi connectivity index (χ0) is 14.8. The molecule has 110 valence electrons. The van der Waals surface area contributed by atoms with Crippen molar-refractivity contribution in [3.8, 4) is 0 Å². The number of carbonyl (C=O) groups is 1. The van der Waals surface area contributed by atoms with Crippen molar-refractivity contribution in [2.45, 2.75) is 5.37 Å². The first kappa shape index (κ1) is 14.6. The van der Waals surface area contributed by atoms with E-state index < -0.39 is 0 Å². The Hall–Kier alpha value is -1.30. The van der Waals surface area contributed by atoms with Crippen LogP contribution in [0.2, 0.25) is 10.0 Å². The van der Waals surface area contributed by atoms with Crippen LogP contribution >= 0.6 is 35.0 Å². The van der Waals surface area contributed by atoms with E-state index in [1.54, 1.807) is 41.1 Å². The SMILES string of the molecule is O=C(Nc1cccc(Cl)c1Cl)N1CCSC1c1ccco1. The number of urea groups is 1. The Bertz CT molecular complexity index is 648. The molecule has 0 radical (unpaired) electrons. The second kappa shape index (κ2) is 6.22. The van der Waals surface area contributed by atoms with Crippen molar-refractivity contribution in [3.05, 3.63) is 52.4 Å². The van der Waals surface area contributed by atoms with Gasteiger partial charge in [-0.25, -0.2) is 4.79 Å². The van der Waals surface area contributed by atoms with E-state index in [0.717, 1.165) is 11.5 Å². The first-order valence-corrected chi connectivity index (χ1v) is 8.14. The monoisotopic (exact) mass is 342 g/mol. The highest BCUT2D eigenvalue weighted by Gasteiger charge is 2.32. The minimum absolute atomic E-state index is 0.113. The molecule has 2 amide bonds. The van der Waals surface area contributed by atoms with Crippen LogP contribution in [0.5, 0.6) is 0 Å². The normalized spacial score (nSPS) is 18.0. The predicted molar refractivity (Wildman–Crippen MR) is 86.1 cm³/mol. The molecule has 1 unspecified atom stereocenters. The summed E-state index contributed by atoms with van der Waals surface area (Å²) in [6.45, 7) is 0.653. The molecule has 7 heteroatoms. The Morgan fingerprint density at radius 2 is 2.19 bits per heavy atom. The summed E-state index contributed by atoms with van der Waals surface area (Å²) in [7, 11) is 0. The lowest BCUT2D eigenvalue weighted by atomic mass is 10.3. The summed E-state index contributed by atoms with van der Waals surface area (Å²) < 4.78 is 5.40. The lowest BCUT2D eigenvalue weighted by Crippen LogP contribution is -2.34. The van der Waals surface area contributed by atoms with Crippen molar-refractivity contribution in [1.82, 2.24) is 4.90 Å². The van der Waals surface area contributed by atoms with Gasteiger partial charge >= 0.3 is 6.03 Å². The van der Waals surface area contributed by atoms with Gasteiger partial charge in [0.25, 0.3) is 0 Å². The van der Waals surface area contributed by atoms with Crippen LogP contribution in [0.15, 0.2) is 41.0 Å². The topological polar surface area (TPSA) is 45.5 Å². The quantitative estimate of drug-likeness (QED) is 0.846. The van der Waals surface area contributed by atoms with Crippen molar-refractivity contribution in [1.29, 1.82) is 0 Å². The highest BCUT2D eigenvalue weighted by Crippen LogP contribution is 2.38. The average molecular weight is 343 g/mol. The van der Waals surface area contributed by atoms with E-state index in [4.69, 9.17) is 27.6 Å². The number of hydrogen-bond donors (Lipinski definition) is 1. The Kier molecular flexibility index (Phi) is 4.33. The third-order valence-corrected chi connectivity index (χ3v) is 5.17. The van der Waals surface area contributed by atoms with E-state index in [1.807, 2.05) is 12.1 Å². The van der Waals surface area contributed by atoms with E-state index in [0.29, 0.717) is 22.3 Å². The first-order valence-electron chi connectivity index (χ1n) is 6.33. The molecule has 3 rings (SSSR count). The fourth-order valence-corrected chi connectivity index (χ4v) is 3.69. The van der Waals surface area contributed by atoms with E-state index in [9.17, 15) is 4.79 Å². The highest BCUT2D eigenvalue weighted by atomic mass is 35.5. The summed E-state index contributed by atoms with van der Waals surface area (Å²) in [6, 6.07) is 8.61. The number of hydrogen-bond acceptors (Lipinski definition) is 3. The number of nitrogens with one attached hydrogen (secondary N) is 1. The van der Waals surface area contributed by atoms with Crippen molar-refractivity contribution < 1.29 is 9.21 Å². The number of thioether (sulfide) groups is 1. The molecule has 4 nitrogen and oxygen atoms in total. The predicted octanol–water partition coefficient (Wildman–Crippen LogP) is 4.87. The summed E-state index contributed by atoms with van der Waals surface area (Å²) >= 11 is 13.7. The third-order valence-electron chi connectivity index (χ3n) is 3.13. The fourth-order valence-electron chi connectivity index (χ4n) is 2.13. The molecule has 21 heavy (non-hydrogen) atoms. The van der Waals surface area contributed by atoms with Gasteiger partial charge in [-0.1, -0.05) is 29.3 Å². The zero-order valence-corrected chi connectivity index (χ0v) is 13.2. The largest absolute Gasteiger partial charge is 0.466 e. The third kappa shape index (κ3) is 3.00. The van der Waals surface area contributed by atoms with Gasteiger partial charge in [-0.3, -0.25) is 0 Å². The van der Waals surface area contributed by atoms with Crippen LogP contribution in [0.25, 0.3) is 0 Å². The summed E-state index contributed by atoms with van der Waals surface area (Å²) in [6.07, 6.45) is 1.61. The van der Waals surface area contributed by atoms with Gasteiger partial charge in [0.2, 0.25) is 0 Å². The number of furan rings is 1. The van der Waals surface area contributed by atoms with Crippen LogP contribution in [0.1, 0.15) is 11.1 Å². The molecule has 0 bridgehead atoms. The average Bonchev–Trinajstić information content (AvgIpc) is 3.13. The molecule has 1 fully saturated rings. The van der Waals surface area contributed by atoms with E-state index >= 15 is 0 Å². The van der Waals surface area contributed by atoms with Gasteiger partial charge in [0.05, 0.1) is 22.0 Å². The second-order valence-corrected chi connectivity index (χ2v) is 6.44. The molecular formula is C14H12Cl2N2O2S. The number of nitrogens with zero attached hydrogens (tertiary/aromatic N) is 1. The van der Waals surface area contributed by atoms with Gasteiger partial charge in [0, 0.05) is 12.3 Å². The standard InChI is InChI=1S/C14H12Cl2N2O2S/c15-9-3-1-4-10(12(9)16)17-14(19)18-6-8-21-13(18)11-5-2-7-20-11/h1-5,7,13H,6,8H2,(H,17,19). The van der Waals surface area contributed by atoms with E-state index in [2.05, 4.69) is 5.32 Å². The second-order valence-electron chi connectivity index (χ2n) is 4.46. The minimum Gasteiger partial charge on any atom is -0.466 e. The summed E-state index contributed by atoms with van der Waals surface area (Å²) in [4.78, 5) is 14.2. The van der Waals surface area contributed by atoms with E-state index in [-0.39, 0.29) is 11.4 Å². The van der Waals surface area contributed by atoms with Gasteiger partial charge in [0.1, 0.15) is 11.1 Å². The molecule has 0 saturated carbocycles. The summed E-state index contributed by atoms with van der Waals surface area (Å²) in [5.74, 6) is 1.63. The lowest BCUT2D eigenvalue weighted by molar-refractivity contribution is 0.210. The van der Waals surface area contributed by atoms with Crippen LogP contribution in [0.3, 0.4) is 0 Å². The molecule has 1 aliphatic rings. The first-order chi connectivity index (χ1) is 10.2. The Labute approximate surface area is 136 Å². The van der Waals surface area contributed by atoms with Gasteiger partial charge in [0.15, 0.2) is 0 Å². The molecule has 1 aromatic carbocycles. The molecule has 2 aromatic rings.